The predicted molar refractivity (Wildman–Crippen MR) is 118 cm³/mol. The van der Waals surface area contributed by atoms with Crippen molar-refractivity contribution in [1.29, 1.82) is 0 Å². The second kappa shape index (κ2) is 7.51. The molecule has 0 bridgehead atoms. The van der Waals surface area contributed by atoms with Gasteiger partial charge in [-0.15, -0.1) is 0 Å². The van der Waals surface area contributed by atoms with Gasteiger partial charge in [0.05, 0.1) is 23.1 Å². The molecule has 8 nitrogen and oxygen atoms in total. The van der Waals surface area contributed by atoms with Crippen molar-refractivity contribution in [1.82, 2.24) is 9.55 Å². The molecule has 4 N–H and O–H groups in total. The van der Waals surface area contributed by atoms with Crippen molar-refractivity contribution in [2.45, 2.75) is 44.2 Å². The quantitative estimate of drug-likeness (QED) is 0.399. The summed E-state index contributed by atoms with van der Waals surface area (Å²) in [6, 6.07) is 5.70. The van der Waals surface area contributed by atoms with E-state index in [1.54, 1.807) is 10.8 Å². The minimum absolute atomic E-state index is 0.109. The van der Waals surface area contributed by atoms with Gasteiger partial charge in [0, 0.05) is 24.6 Å². The fraction of sp³-hybridized carbons (Fsp3) is 0.348. The zero-order chi connectivity index (χ0) is 22.5. The molecule has 2 aliphatic rings. The van der Waals surface area contributed by atoms with E-state index in [-0.39, 0.29) is 22.5 Å². The van der Waals surface area contributed by atoms with Gasteiger partial charge in [-0.05, 0) is 44.2 Å². The number of benzene rings is 1. The topological polar surface area (TPSA) is 119 Å². The van der Waals surface area contributed by atoms with Crippen LogP contribution in [0.1, 0.15) is 41.7 Å². The van der Waals surface area contributed by atoms with Crippen LogP contribution in [-0.2, 0) is 13.0 Å². The zero-order valence-electron chi connectivity index (χ0n) is 17.4. The third-order valence-corrected chi connectivity index (χ3v) is 6.36. The smallest absolute Gasteiger partial charge is 0.341 e. The number of carboxylic acids is 1. The van der Waals surface area contributed by atoms with Crippen molar-refractivity contribution in [2.75, 3.05) is 17.6 Å². The molecule has 2 aromatic heterocycles. The molecule has 1 fully saturated rings. The number of carbonyl (C=O) groups is 1. The van der Waals surface area contributed by atoms with Gasteiger partial charge in [0.15, 0.2) is 11.6 Å². The Labute approximate surface area is 182 Å². The zero-order valence-corrected chi connectivity index (χ0v) is 17.4. The monoisotopic (exact) mass is 438 g/mol. The van der Waals surface area contributed by atoms with E-state index < -0.39 is 28.4 Å². The Balaban J connectivity index is 1.57. The summed E-state index contributed by atoms with van der Waals surface area (Å²) in [6.45, 7) is 0.834. The van der Waals surface area contributed by atoms with Gasteiger partial charge in [0.25, 0.3) is 0 Å². The highest BCUT2D eigenvalue weighted by molar-refractivity contribution is 6.03. The number of nitrogens with two attached hydrogens (primary N) is 1. The van der Waals surface area contributed by atoms with Crippen molar-refractivity contribution in [2.24, 2.45) is 0 Å². The molecular weight excluding hydrogens is 415 g/mol. The van der Waals surface area contributed by atoms with Crippen molar-refractivity contribution >= 4 is 28.2 Å². The molecule has 166 valence electrons. The van der Waals surface area contributed by atoms with Crippen LogP contribution in [0.5, 0.6) is 5.75 Å². The second-order valence-electron chi connectivity index (χ2n) is 8.45. The average molecular weight is 438 g/mol. The molecule has 0 amide bonds. The normalized spacial score (nSPS) is 15.9. The van der Waals surface area contributed by atoms with E-state index in [9.17, 15) is 14.7 Å². The van der Waals surface area contributed by atoms with Gasteiger partial charge in [-0.2, -0.15) is 0 Å². The molecule has 1 aromatic carbocycles. The maximum Gasteiger partial charge on any atom is 0.341 e. The molecule has 3 heterocycles. The highest BCUT2D eigenvalue weighted by Crippen LogP contribution is 2.49. The summed E-state index contributed by atoms with van der Waals surface area (Å²) >= 11 is 0. The Hall–Kier alpha value is -3.62. The van der Waals surface area contributed by atoms with Crippen molar-refractivity contribution in [3.05, 3.63) is 57.9 Å². The van der Waals surface area contributed by atoms with E-state index in [1.807, 2.05) is 18.2 Å². The number of pyridine rings is 2. The second-order valence-corrected chi connectivity index (χ2v) is 8.45. The van der Waals surface area contributed by atoms with Gasteiger partial charge < -0.3 is 25.5 Å². The number of nitrogens with zero attached hydrogens (tertiary/aromatic N) is 2. The van der Waals surface area contributed by atoms with E-state index in [1.165, 1.54) is 6.20 Å². The fourth-order valence-electron chi connectivity index (χ4n) is 4.57. The highest BCUT2D eigenvalue weighted by Gasteiger charge is 2.45. The van der Waals surface area contributed by atoms with Crippen LogP contribution in [0.25, 0.3) is 10.9 Å². The molecule has 9 heteroatoms. The van der Waals surface area contributed by atoms with E-state index in [0.717, 1.165) is 25.0 Å². The number of halogens is 1. The Morgan fingerprint density at radius 1 is 1.38 bits per heavy atom. The van der Waals surface area contributed by atoms with Crippen molar-refractivity contribution in [3.63, 3.8) is 0 Å². The Morgan fingerprint density at radius 3 is 2.84 bits per heavy atom. The molecule has 5 rings (SSSR count). The fourth-order valence-corrected chi connectivity index (χ4v) is 4.57. The molecular formula is C23H23FN4O4. The first kappa shape index (κ1) is 20.3. The average Bonchev–Trinajstić information content (AvgIpc) is 2.76. The number of nitrogens with one attached hydrogen (secondary N) is 1. The van der Waals surface area contributed by atoms with E-state index in [4.69, 9.17) is 10.5 Å². The number of aryl methyl sites for hydroxylation is 1. The van der Waals surface area contributed by atoms with Gasteiger partial charge in [0.2, 0.25) is 5.43 Å². The van der Waals surface area contributed by atoms with E-state index in [2.05, 4.69) is 10.3 Å². The van der Waals surface area contributed by atoms with Crippen molar-refractivity contribution < 1.29 is 19.0 Å². The van der Waals surface area contributed by atoms with E-state index >= 15 is 4.39 Å². The number of hydrogen-bond donors (Lipinski definition) is 3. The summed E-state index contributed by atoms with van der Waals surface area (Å²) < 4.78 is 23.4. The minimum Gasteiger partial charge on any atom is -0.481 e. The first-order valence-corrected chi connectivity index (χ1v) is 10.6. The lowest BCUT2D eigenvalue weighted by Crippen LogP contribution is -2.49. The standard InChI is InChI=1S/C23H23FN4O4/c24-16-17(25)15-19-21(18(16)27-10-3-6-13-5-1-2-9-26-13)32-23(7-4-8-23)12-28(19)11-14(20(15)29)22(30)31/h1-2,5,9,11,27H,3-4,6-8,10,12,25H2,(H,30,31). The Morgan fingerprint density at radius 2 is 2.19 bits per heavy atom. The molecule has 1 aliphatic heterocycles. The maximum absolute atomic E-state index is 15.4. The van der Waals surface area contributed by atoms with Gasteiger partial charge in [0.1, 0.15) is 16.9 Å². The lowest BCUT2D eigenvalue weighted by molar-refractivity contribution is -0.0278. The molecule has 32 heavy (non-hydrogen) atoms. The summed E-state index contributed by atoms with van der Waals surface area (Å²) in [5, 5.41) is 12.4. The number of carboxylic acid groups (broad SMARTS) is 1. The van der Waals surface area contributed by atoms with Crippen LogP contribution in [0.4, 0.5) is 15.8 Å². The molecule has 1 aliphatic carbocycles. The number of anilines is 2. The third kappa shape index (κ3) is 3.16. The molecule has 1 saturated carbocycles. The number of hydrogen-bond acceptors (Lipinski definition) is 6. The largest absolute Gasteiger partial charge is 0.481 e. The molecule has 0 radical (unpaired) electrons. The Bertz CT molecular complexity index is 1290. The first-order valence-electron chi connectivity index (χ1n) is 10.6. The molecule has 0 atom stereocenters. The van der Waals surface area contributed by atoms with Crippen LogP contribution >= 0.6 is 0 Å². The molecule has 0 unspecified atom stereocenters. The number of aromatic nitrogens is 2. The number of aromatic carboxylic acids is 1. The summed E-state index contributed by atoms with van der Waals surface area (Å²) in [7, 11) is 0. The molecule has 3 aromatic rings. The maximum atomic E-state index is 15.4. The van der Waals surface area contributed by atoms with E-state index in [0.29, 0.717) is 31.4 Å². The molecule has 0 saturated heterocycles. The van der Waals surface area contributed by atoms with Crippen LogP contribution in [0.3, 0.4) is 0 Å². The lowest BCUT2D eigenvalue weighted by Gasteiger charge is -2.46. The summed E-state index contributed by atoms with van der Waals surface area (Å²) in [5.74, 6) is -1.94. The minimum atomic E-state index is -1.37. The number of ether oxygens (including phenoxy) is 1. The van der Waals surface area contributed by atoms with Crippen LogP contribution in [0.2, 0.25) is 0 Å². The van der Waals surface area contributed by atoms with Crippen LogP contribution in [0.15, 0.2) is 35.4 Å². The number of nitrogen functional groups attached to an aromatic ring is 1. The van der Waals surface area contributed by atoms with Crippen LogP contribution in [-0.4, -0.2) is 32.8 Å². The van der Waals surface area contributed by atoms with Gasteiger partial charge >= 0.3 is 5.97 Å². The Kier molecular flexibility index (Phi) is 4.76. The SMILES string of the molecule is Nc1c(F)c(NCCCc2ccccn2)c2c3c1c(=O)c(C(=O)O)cn3CC1(CCC1)O2. The van der Waals surface area contributed by atoms with Gasteiger partial charge in [-0.3, -0.25) is 9.78 Å². The lowest BCUT2D eigenvalue weighted by atomic mass is 9.79. The highest BCUT2D eigenvalue weighted by atomic mass is 19.1. The summed E-state index contributed by atoms with van der Waals surface area (Å²) in [4.78, 5) is 28.8. The summed E-state index contributed by atoms with van der Waals surface area (Å²) in [6.07, 6.45) is 6.97. The van der Waals surface area contributed by atoms with Crippen molar-refractivity contribution in [3.8, 4) is 5.75 Å². The van der Waals surface area contributed by atoms with Gasteiger partial charge in [-0.1, -0.05) is 6.07 Å². The molecule has 1 spiro atoms. The number of rotatable bonds is 6. The third-order valence-electron chi connectivity index (χ3n) is 6.36. The van der Waals surface area contributed by atoms with Crippen LogP contribution < -0.4 is 21.2 Å². The predicted octanol–water partition coefficient (Wildman–Crippen LogP) is 3.18. The summed E-state index contributed by atoms with van der Waals surface area (Å²) in [5.41, 5.74) is 5.28. The first-order chi connectivity index (χ1) is 15.4. The van der Waals surface area contributed by atoms with Gasteiger partial charge in [-0.25, -0.2) is 9.18 Å². The van der Waals surface area contributed by atoms with Crippen LogP contribution in [0, 0.1) is 5.82 Å².